The second-order valence-electron chi connectivity index (χ2n) is 5.08. The molecule has 2 rings (SSSR count). The van der Waals surface area contributed by atoms with Crippen molar-refractivity contribution in [1.29, 1.82) is 0 Å². The molecule has 7 heteroatoms. The summed E-state index contributed by atoms with van der Waals surface area (Å²) in [6.07, 6.45) is 2.54. The van der Waals surface area contributed by atoms with Crippen LogP contribution in [0, 0.1) is 13.8 Å². The van der Waals surface area contributed by atoms with Crippen molar-refractivity contribution in [2.24, 2.45) is 0 Å². The third-order valence-corrected chi connectivity index (χ3v) is 5.58. The topological polar surface area (TPSA) is 66.9 Å². The van der Waals surface area contributed by atoms with E-state index in [9.17, 15) is 4.79 Å². The number of hydrogen-bond acceptors (Lipinski definition) is 5. The summed E-state index contributed by atoms with van der Waals surface area (Å²) in [6.45, 7) is 8.49. The maximum absolute atomic E-state index is 12.1. The molecule has 2 amide bonds. The van der Waals surface area contributed by atoms with Gasteiger partial charge >= 0.3 is 6.03 Å². The van der Waals surface area contributed by atoms with Gasteiger partial charge in [-0.25, -0.2) is 14.8 Å². The first-order chi connectivity index (χ1) is 9.94. The van der Waals surface area contributed by atoms with Gasteiger partial charge < -0.3 is 10.6 Å². The van der Waals surface area contributed by atoms with Crippen molar-refractivity contribution in [3.63, 3.8) is 0 Å². The molecule has 0 fully saturated rings. The maximum atomic E-state index is 12.1. The Morgan fingerprint density at radius 2 is 2.19 bits per heavy atom. The predicted molar refractivity (Wildman–Crippen MR) is 86.7 cm³/mol. The molecule has 2 N–H and O–H groups in total. The summed E-state index contributed by atoms with van der Waals surface area (Å²) < 4.78 is 0. The van der Waals surface area contributed by atoms with Gasteiger partial charge in [-0.2, -0.15) is 0 Å². The number of rotatable bonds is 5. The normalized spacial score (nSPS) is 13.7. The monoisotopic (exact) mass is 324 g/mol. The second kappa shape index (κ2) is 6.53. The summed E-state index contributed by atoms with van der Waals surface area (Å²) >= 11 is 3.17. The van der Waals surface area contributed by atoms with E-state index in [4.69, 9.17) is 0 Å². The highest BCUT2D eigenvalue weighted by atomic mass is 32.1. The highest BCUT2D eigenvalue weighted by Crippen LogP contribution is 2.26. The zero-order chi connectivity index (χ0) is 15.5. The minimum Gasteiger partial charge on any atom is -0.332 e. The summed E-state index contributed by atoms with van der Waals surface area (Å²) in [5.41, 5.74) is 0.589. The summed E-state index contributed by atoms with van der Waals surface area (Å²) in [6, 6.07) is -0.194. The van der Waals surface area contributed by atoms with E-state index in [0.717, 1.165) is 22.1 Å². The lowest BCUT2D eigenvalue weighted by molar-refractivity contribution is 0.225. The van der Waals surface area contributed by atoms with Crippen molar-refractivity contribution >= 4 is 28.7 Å². The van der Waals surface area contributed by atoms with Crippen molar-refractivity contribution < 1.29 is 4.79 Å². The fraction of sp³-hybridized carbons (Fsp3) is 0.500. The molecule has 0 aliphatic rings. The van der Waals surface area contributed by atoms with Gasteiger partial charge in [-0.3, -0.25) is 0 Å². The van der Waals surface area contributed by atoms with E-state index >= 15 is 0 Å². The Morgan fingerprint density at radius 3 is 2.71 bits per heavy atom. The first-order valence-electron chi connectivity index (χ1n) is 6.83. The Balaban J connectivity index is 1.94. The molecule has 0 aliphatic heterocycles. The quantitative estimate of drug-likeness (QED) is 0.886. The van der Waals surface area contributed by atoms with E-state index < -0.39 is 5.54 Å². The number of aromatic nitrogens is 2. The van der Waals surface area contributed by atoms with Gasteiger partial charge in [-0.05, 0) is 27.2 Å². The van der Waals surface area contributed by atoms with Crippen molar-refractivity contribution in [2.75, 3.05) is 0 Å². The van der Waals surface area contributed by atoms with E-state index in [1.165, 1.54) is 4.88 Å². The largest absolute Gasteiger partial charge is 0.332 e. The van der Waals surface area contributed by atoms with Crippen LogP contribution in [0.25, 0.3) is 0 Å². The van der Waals surface area contributed by atoms with Crippen LogP contribution in [-0.2, 0) is 12.1 Å². The number of carbonyl (C=O) groups is 1. The second-order valence-corrected chi connectivity index (χ2v) is 7.26. The van der Waals surface area contributed by atoms with Crippen LogP contribution in [0.5, 0.6) is 0 Å². The van der Waals surface area contributed by atoms with Gasteiger partial charge in [0.2, 0.25) is 0 Å². The SMILES string of the molecule is CCC(C)(NC(=O)NCc1nc(C)c(C)s1)c1nccs1. The van der Waals surface area contributed by atoms with Crippen molar-refractivity contribution in [3.05, 3.63) is 32.2 Å². The third kappa shape index (κ3) is 3.79. The molecule has 0 saturated carbocycles. The van der Waals surface area contributed by atoms with Crippen molar-refractivity contribution in [2.45, 2.75) is 46.2 Å². The third-order valence-electron chi connectivity index (χ3n) is 3.47. The number of nitrogens with one attached hydrogen (secondary N) is 2. The van der Waals surface area contributed by atoms with Crippen molar-refractivity contribution in [3.8, 4) is 0 Å². The minimum absolute atomic E-state index is 0.194. The molecular formula is C14H20N4OS2. The molecule has 0 bridgehead atoms. The Kier molecular flexibility index (Phi) is 4.95. The first kappa shape index (κ1) is 15.9. The molecule has 5 nitrogen and oxygen atoms in total. The molecule has 114 valence electrons. The van der Waals surface area contributed by atoms with Crippen LogP contribution in [0.3, 0.4) is 0 Å². The lowest BCUT2D eigenvalue weighted by Gasteiger charge is -2.27. The lowest BCUT2D eigenvalue weighted by atomic mass is 10.0. The Morgan fingerprint density at radius 1 is 1.43 bits per heavy atom. The Labute approximate surface area is 132 Å². The standard InChI is InChI=1S/C14H20N4OS2/c1-5-14(4,12-15-6-7-20-12)18-13(19)16-8-11-17-9(2)10(3)21-11/h6-7H,5,8H2,1-4H3,(H2,16,18,19). The van der Waals surface area contributed by atoms with Gasteiger partial charge in [-0.1, -0.05) is 6.92 Å². The Bertz CT molecular complexity index is 589. The molecule has 0 spiro atoms. The molecule has 2 heterocycles. The number of urea groups is 1. The number of amides is 2. The minimum atomic E-state index is -0.438. The molecule has 2 aromatic rings. The molecule has 1 atom stereocenters. The van der Waals surface area contributed by atoms with E-state index in [1.807, 2.05) is 33.1 Å². The van der Waals surface area contributed by atoms with Crippen LogP contribution in [0.2, 0.25) is 0 Å². The average Bonchev–Trinajstić information content (AvgIpc) is 3.08. The van der Waals surface area contributed by atoms with E-state index in [2.05, 4.69) is 20.6 Å². The smallest absolute Gasteiger partial charge is 0.315 e. The van der Waals surface area contributed by atoms with Gasteiger partial charge in [0.05, 0.1) is 17.8 Å². The molecule has 21 heavy (non-hydrogen) atoms. The Hall–Kier alpha value is -1.47. The number of aryl methyl sites for hydroxylation is 2. The maximum Gasteiger partial charge on any atom is 0.315 e. The summed E-state index contributed by atoms with van der Waals surface area (Å²) in [4.78, 5) is 22.0. The summed E-state index contributed by atoms with van der Waals surface area (Å²) in [5, 5.41) is 9.64. The van der Waals surface area contributed by atoms with Crippen LogP contribution in [-0.4, -0.2) is 16.0 Å². The van der Waals surface area contributed by atoms with Gasteiger partial charge in [0, 0.05) is 16.5 Å². The summed E-state index contributed by atoms with van der Waals surface area (Å²) in [5.74, 6) is 0. The van der Waals surface area contributed by atoms with Crippen LogP contribution in [0.1, 0.15) is 40.9 Å². The highest BCUT2D eigenvalue weighted by Gasteiger charge is 2.29. The molecular weight excluding hydrogens is 304 g/mol. The van der Waals surface area contributed by atoms with Gasteiger partial charge in [-0.15, -0.1) is 22.7 Å². The number of thiazole rings is 2. The predicted octanol–water partition coefficient (Wildman–Crippen LogP) is 3.34. The summed E-state index contributed by atoms with van der Waals surface area (Å²) in [7, 11) is 0. The fourth-order valence-corrected chi connectivity index (χ4v) is 3.56. The molecule has 0 aromatic carbocycles. The van der Waals surface area contributed by atoms with E-state index in [1.54, 1.807) is 28.9 Å². The lowest BCUT2D eigenvalue weighted by Crippen LogP contribution is -2.47. The zero-order valence-electron chi connectivity index (χ0n) is 12.7. The van der Waals surface area contributed by atoms with E-state index in [0.29, 0.717) is 6.54 Å². The van der Waals surface area contributed by atoms with Crippen molar-refractivity contribution in [1.82, 2.24) is 20.6 Å². The zero-order valence-corrected chi connectivity index (χ0v) is 14.3. The molecule has 1 unspecified atom stereocenters. The molecule has 0 aliphatic carbocycles. The molecule has 2 aromatic heterocycles. The highest BCUT2D eigenvalue weighted by molar-refractivity contribution is 7.11. The van der Waals surface area contributed by atoms with Crippen LogP contribution >= 0.6 is 22.7 Å². The fourth-order valence-electron chi connectivity index (χ4n) is 1.85. The number of carbonyl (C=O) groups excluding carboxylic acids is 1. The first-order valence-corrected chi connectivity index (χ1v) is 8.53. The number of nitrogens with zero attached hydrogens (tertiary/aromatic N) is 2. The molecule has 0 radical (unpaired) electrons. The van der Waals surface area contributed by atoms with Gasteiger partial charge in [0.25, 0.3) is 0 Å². The van der Waals surface area contributed by atoms with Crippen LogP contribution in [0.15, 0.2) is 11.6 Å². The average molecular weight is 324 g/mol. The van der Waals surface area contributed by atoms with Gasteiger partial charge in [0.1, 0.15) is 10.0 Å². The van der Waals surface area contributed by atoms with Crippen LogP contribution < -0.4 is 10.6 Å². The molecule has 0 saturated heterocycles. The van der Waals surface area contributed by atoms with Crippen LogP contribution in [0.4, 0.5) is 4.79 Å². The van der Waals surface area contributed by atoms with E-state index in [-0.39, 0.29) is 6.03 Å². The van der Waals surface area contributed by atoms with Gasteiger partial charge in [0.15, 0.2) is 0 Å². The number of hydrogen-bond donors (Lipinski definition) is 2.